The maximum Gasteiger partial charge on any atom is 0.325 e. The van der Waals surface area contributed by atoms with Crippen molar-refractivity contribution >= 4 is 45.1 Å². The molecule has 0 aromatic heterocycles. The topological polar surface area (TPSA) is 150 Å². The maximum absolute atomic E-state index is 13.9. The Bertz CT molecular complexity index is 1430. The van der Waals surface area contributed by atoms with E-state index < -0.39 is 46.1 Å². The van der Waals surface area contributed by atoms with Gasteiger partial charge in [-0.3, -0.25) is 29.8 Å². The zero-order valence-corrected chi connectivity index (χ0v) is 20.7. The van der Waals surface area contributed by atoms with Crippen molar-refractivity contribution in [1.29, 1.82) is 0 Å². The molecule has 0 saturated carbocycles. The summed E-state index contributed by atoms with van der Waals surface area (Å²) in [4.78, 5) is 52.1. The Morgan fingerprint density at radius 1 is 1.05 bits per heavy atom. The molecule has 5 rings (SSSR count). The summed E-state index contributed by atoms with van der Waals surface area (Å²) in [6.07, 6.45) is -0.140. The minimum Gasteiger partial charge on any atom is -0.508 e. The molecule has 2 amide bonds. The highest BCUT2D eigenvalue weighted by molar-refractivity contribution is 9.10. The Morgan fingerprint density at radius 3 is 2.35 bits per heavy atom. The molecule has 4 atom stereocenters. The fraction of sp³-hybridized carbons (Fsp3) is 0.192. The monoisotopic (exact) mass is 565 g/mol. The van der Waals surface area contributed by atoms with Crippen LogP contribution in [0.15, 0.2) is 77.3 Å². The van der Waals surface area contributed by atoms with E-state index in [1.54, 1.807) is 36.4 Å². The molecule has 4 unspecified atom stereocenters. The lowest BCUT2D eigenvalue weighted by Crippen LogP contribution is -2.57. The number of nitrogens with zero attached hydrogens (tertiary/aromatic N) is 2. The highest BCUT2D eigenvalue weighted by Crippen LogP contribution is 2.51. The number of nitrogens with one attached hydrogen (secondary N) is 1. The summed E-state index contributed by atoms with van der Waals surface area (Å²) in [6, 6.07) is 17.3. The minimum absolute atomic E-state index is 0.00193. The molecule has 0 aliphatic carbocycles. The molecule has 2 heterocycles. The third-order valence-electron chi connectivity index (χ3n) is 6.98. The number of nitro benzene ring substituents is 1. The number of non-ortho nitro benzene ring substituents is 1. The van der Waals surface area contributed by atoms with Crippen LogP contribution in [0.4, 0.5) is 11.4 Å². The van der Waals surface area contributed by atoms with Gasteiger partial charge in [0, 0.05) is 29.1 Å². The van der Waals surface area contributed by atoms with Crippen molar-refractivity contribution < 1.29 is 29.5 Å². The number of phenolic OH excluding ortho intramolecular Hbond substituents is 1. The first-order valence-corrected chi connectivity index (χ1v) is 12.1. The number of carbonyl (C=O) groups is 3. The van der Waals surface area contributed by atoms with Gasteiger partial charge in [0.25, 0.3) is 5.69 Å². The Labute approximate surface area is 218 Å². The van der Waals surface area contributed by atoms with Gasteiger partial charge in [-0.15, -0.1) is 0 Å². The largest absolute Gasteiger partial charge is 0.508 e. The number of hydrogen-bond donors (Lipinski definition) is 3. The van der Waals surface area contributed by atoms with Gasteiger partial charge in [-0.1, -0.05) is 46.3 Å². The number of anilines is 1. The maximum atomic E-state index is 13.9. The van der Waals surface area contributed by atoms with Gasteiger partial charge in [0.2, 0.25) is 11.8 Å². The molecule has 188 valence electrons. The van der Waals surface area contributed by atoms with E-state index in [2.05, 4.69) is 21.2 Å². The number of amides is 2. The van der Waals surface area contributed by atoms with E-state index in [1.165, 1.54) is 30.3 Å². The Morgan fingerprint density at radius 2 is 1.73 bits per heavy atom. The molecule has 2 aliphatic heterocycles. The van der Waals surface area contributed by atoms with E-state index in [9.17, 15) is 34.7 Å². The van der Waals surface area contributed by atoms with E-state index in [-0.39, 0.29) is 23.5 Å². The van der Waals surface area contributed by atoms with E-state index in [4.69, 9.17) is 0 Å². The molecule has 0 spiro atoms. The normalized spacial score (nSPS) is 24.8. The molecule has 11 heteroatoms. The molecular weight excluding hydrogens is 546 g/mol. The lowest BCUT2D eigenvalue weighted by molar-refractivity contribution is -0.384. The average molecular weight is 566 g/mol. The predicted molar refractivity (Wildman–Crippen MR) is 135 cm³/mol. The van der Waals surface area contributed by atoms with Crippen LogP contribution in [-0.4, -0.2) is 38.5 Å². The predicted octanol–water partition coefficient (Wildman–Crippen LogP) is 3.58. The number of rotatable bonds is 6. The minimum atomic E-state index is -1.86. The van der Waals surface area contributed by atoms with E-state index in [0.29, 0.717) is 11.1 Å². The number of hydrogen-bond acceptors (Lipinski definition) is 7. The number of phenols is 1. The van der Waals surface area contributed by atoms with Crippen LogP contribution in [0.1, 0.15) is 17.2 Å². The molecule has 2 saturated heterocycles. The van der Waals surface area contributed by atoms with Crippen LogP contribution < -0.4 is 10.2 Å². The number of nitro groups is 1. The fourth-order valence-corrected chi connectivity index (χ4v) is 5.59. The standard InChI is InChI=1S/C26H20BrN3O7/c27-16-8-6-15(7-9-16)22-20-21(26(28-22,25(34)35)13-14-4-10-19(31)11-5-14)24(33)29(23(20)32)17-2-1-3-18(12-17)30(36)37/h1-12,20-22,28,31H,13H2,(H,34,35). The highest BCUT2D eigenvalue weighted by Gasteiger charge is 2.68. The van der Waals surface area contributed by atoms with Gasteiger partial charge in [-0.2, -0.15) is 0 Å². The molecule has 0 radical (unpaired) electrons. The van der Waals surface area contributed by atoms with Crippen molar-refractivity contribution in [2.45, 2.75) is 18.0 Å². The molecule has 3 N–H and O–H groups in total. The van der Waals surface area contributed by atoms with Gasteiger partial charge < -0.3 is 10.2 Å². The van der Waals surface area contributed by atoms with E-state index in [0.717, 1.165) is 15.4 Å². The molecular formula is C26H20BrN3O7. The number of imide groups is 1. The van der Waals surface area contributed by atoms with Crippen molar-refractivity contribution in [1.82, 2.24) is 5.32 Å². The van der Waals surface area contributed by atoms with Gasteiger partial charge in [-0.05, 0) is 41.5 Å². The third-order valence-corrected chi connectivity index (χ3v) is 7.51. The number of aliphatic carboxylic acids is 1. The molecule has 3 aromatic carbocycles. The van der Waals surface area contributed by atoms with Crippen molar-refractivity contribution in [3.8, 4) is 5.75 Å². The third kappa shape index (κ3) is 4.05. The first-order valence-electron chi connectivity index (χ1n) is 11.3. The lowest BCUT2D eigenvalue weighted by Gasteiger charge is -2.31. The van der Waals surface area contributed by atoms with Gasteiger partial charge in [-0.25, -0.2) is 4.90 Å². The first kappa shape index (κ1) is 24.6. The van der Waals surface area contributed by atoms with Crippen molar-refractivity contribution in [2.75, 3.05) is 4.90 Å². The number of carboxylic acid groups (broad SMARTS) is 1. The second kappa shape index (κ2) is 9.09. The number of halogens is 1. The summed E-state index contributed by atoms with van der Waals surface area (Å²) in [6.45, 7) is 0. The molecule has 2 aliphatic rings. The van der Waals surface area contributed by atoms with E-state index >= 15 is 0 Å². The van der Waals surface area contributed by atoms with Crippen LogP contribution in [0.2, 0.25) is 0 Å². The zero-order valence-electron chi connectivity index (χ0n) is 19.1. The summed E-state index contributed by atoms with van der Waals surface area (Å²) >= 11 is 3.37. The second-order valence-electron chi connectivity index (χ2n) is 9.09. The van der Waals surface area contributed by atoms with Crippen LogP contribution >= 0.6 is 15.9 Å². The van der Waals surface area contributed by atoms with E-state index in [1.807, 2.05) is 0 Å². The van der Waals surface area contributed by atoms with Crippen LogP contribution in [-0.2, 0) is 20.8 Å². The average Bonchev–Trinajstić information content (AvgIpc) is 3.35. The van der Waals surface area contributed by atoms with Gasteiger partial charge in [0.15, 0.2) is 0 Å². The first-order chi connectivity index (χ1) is 17.6. The number of fused-ring (bicyclic) bond motifs is 1. The van der Waals surface area contributed by atoms with Crippen LogP contribution in [0, 0.1) is 22.0 Å². The number of carboxylic acids is 1. The van der Waals surface area contributed by atoms with Crippen LogP contribution in [0.5, 0.6) is 5.75 Å². The summed E-state index contributed by atoms with van der Waals surface area (Å²) < 4.78 is 0.784. The zero-order chi connectivity index (χ0) is 26.5. The summed E-state index contributed by atoms with van der Waals surface area (Å²) in [5, 5.41) is 34.6. The Hall–Kier alpha value is -4.09. The quantitative estimate of drug-likeness (QED) is 0.233. The molecule has 3 aromatic rings. The summed E-state index contributed by atoms with van der Waals surface area (Å²) in [5.74, 6) is -5.05. The molecule has 2 fully saturated rings. The lowest BCUT2D eigenvalue weighted by atomic mass is 9.76. The molecule has 37 heavy (non-hydrogen) atoms. The number of aromatic hydroxyl groups is 1. The smallest absolute Gasteiger partial charge is 0.325 e. The van der Waals surface area contributed by atoms with Gasteiger partial charge >= 0.3 is 5.97 Å². The number of carbonyl (C=O) groups excluding carboxylic acids is 2. The second-order valence-corrected chi connectivity index (χ2v) is 10.0. The molecule has 10 nitrogen and oxygen atoms in total. The van der Waals surface area contributed by atoms with Crippen molar-refractivity contribution in [3.63, 3.8) is 0 Å². The van der Waals surface area contributed by atoms with Gasteiger partial charge in [0.1, 0.15) is 11.3 Å². The van der Waals surface area contributed by atoms with Crippen molar-refractivity contribution in [3.05, 3.63) is 98.5 Å². The Kier molecular flexibility index (Phi) is 6.04. The van der Waals surface area contributed by atoms with Crippen molar-refractivity contribution in [2.24, 2.45) is 11.8 Å². The Balaban J connectivity index is 1.65. The fourth-order valence-electron chi connectivity index (χ4n) is 5.33. The van der Waals surface area contributed by atoms with Crippen LogP contribution in [0.25, 0.3) is 0 Å². The molecule has 0 bridgehead atoms. The van der Waals surface area contributed by atoms with Gasteiger partial charge in [0.05, 0.1) is 22.4 Å². The summed E-state index contributed by atoms with van der Waals surface area (Å²) in [5.41, 5.74) is -0.990. The SMILES string of the molecule is O=C1C2C(c3ccc(Br)cc3)NC(Cc3ccc(O)cc3)(C(=O)O)C2C(=O)N1c1cccc([N+](=O)[O-])c1. The highest BCUT2D eigenvalue weighted by atomic mass is 79.9. The summed E-state index contributed by atoms with van der Waals surface area (Å²) in [7, 11) is 0. The van der Waals surface area contributed by atoms with Crippen LogP contribution in [0.3, 0.4) is 0 Å². The number of benzene rings is 3.